The highest BCUT2D eigenvalue weighted by molar-refractivity contribution is 5.27. The molecule has 0 atom stereocenters. The van der Waals surface area contributed by atoms with Crippen LogP contribution >= 0.6 is 0 Å². The number of aliphatic hydroxyl groups is 1. The van der Waals surface area contributed by atoms with Gasteiger partial charge >= 0.3 is 0 Å². The minimum Gasteiger partial charge on any atom is -0.494 e. The standard InChI is InChI=1S/C14H23NO2/c1-4-17-13-7-5-12(6-8-13)9-10-15-11-14(2,3)16/h5-8,15-16H,4,9-11H2,1-3H3. The van der Waals surface area contributed by atoms with E-state index >= 15 is 0 Å². The number of rotatable bonds is 7. The van der Waals surface area contributed by atoms with Crippen LogP contribution in [0.15, 0.2) is 24.3 Å². The van der Waals surface area contributed by atoms with Crippen LogP contribution in [0, 0.1) is 0 Å². The molecular weight excluding hydrogens is 214 g/mol. The second kappa shape index (κ2) is 6.62. The molecule has 3 heteroatoms. The molecule has 0 aromatic heterocycles. The second-order valence-electron chi connectivity index (χ2n) is 4.82. The van der Waals surface area contributed by atoms with Gasteiger partial charge in [0.05, 0.1) is 12.2 Å². The minimum absolute atomic E-state index is 0.615. The molecule has 0 unspecified atom stereocenters. The Morgan fingerprint density at radius 2 is 1.88 bits per heavy atom. The fourth-order valence-electron chi connectivity index (χ4n) is 1.55. The van der Waals surface area contributed by atoms with Crippen molar-refractivity contribution in [3.63, 3.8) is 0 Å². The molecule has 0 radical (unpaired) electrons. The van der Waals surface area contributed by atoms with Crippen molar-refractivity contribution in [1.29, 1.82) is 0 Å². The van der Waals surface area contributed by atoms with Gasteiger partial charge in [-0.15, -0.1) is 0 Å². The van der Waals surface area contributed by atoms with E-state index in [2.05, 4.69) is 17.4 Å². The monoisotopic (exact) mass is 237 g/mol. The average molecular weight is 237 g/mol. The molecule has 1 rings (SSSR count). The van der Waals surface area contributed by atoms with E-state index in [1.165, 1.54) is 5.56 Å². The zero-order valence-electron chi connectivity index (χ0n) is 11.0. The van der Waals surface area contributed by atoms with Gasteiger partial charge in [0.25, 0.3) is 0 Å². The highest BCUT2D eigenvalue weighted by Crippen LogP contribution is 2.12. The lowest BCUT2D eigenvalue weighted by Crippen LogP contribution is -2.35. The van der Waals surface area contributed by atoms with E-state index in [4.69, 9.17) is 4.74 Å². The zero-order chi connectivity index (χ0) is 12.7. The highest BCUT2D eigenvalue weighted by atomic mass is 16.5. The lowest BCUT2D eigenvalue weighted by molar-refractivity contribution is 0.0801. The van der Waals surface area contributed by atoms with Crippen molar-refractivity contribution in [3.05, 3.63) is 29.8 Å². The van der Waals surface area contributed by atoms with Gasteiger partial charge < -0.3 is 15.2 Å². The molecule has 0 aliphatic heterocycles. The Hall–Kier alpha value is -1.06. The Kier molecular flexibility index (Phi) is 5.45. The first kappa shape index (κ1) is 14.0. The maximum atomic E-state index is 9.53. The molecule has 0 aliphatic rings. The first-order chi connectivity index (χ1) is 8.01. The fraction of sp³-hybridized carbons (Fsp3) is 0.571. The van der Waals surface area contributed by atoms with Gasteiger partial charge in [-0.1, -0.05) is 12.1 Å². The van der Waals surface area contributed by atoms with Crippen LogP contribution in [0.2, 0.25) is 0 Å². The Labute approximate surface area is 104 Å². The van der Waals surface area contributed by atoms with E-state index in [-0.39, 0.29) is 0 Å². The summed E-state index contributed by atoms with van der Waals surface area (Å²) in [6.07, 6.45) is 0.961. The molecular formula is C14H23NO2. The van der Waals surface area contributed by atoms with Gasteiger partial charge in [0.15, 0.2) is 0 Å². The van der Waals surface area contributed by atoms with E-state index in [1.54, 1.807) is 13.8 Å². The third-order valence-electron chi connectivity index (χ3n) is 2.38. The summed E-state index contributed by atoms with van der Waals surface area (Å²) in [5.74, 6) is 0.917. The van der Waals surface area contributed by atoms with Gasteiger partial charge in [-0.2, -0.15) is 0 Å². The lowest BCUT2D eigenvalue weighted by atomic mass is 10.1. The minimum atomic E-state index is -0.640. The molecule has 1 aromatic carbocycles. The largest absolute Gasteiger partial charge is 0.494 e. The molecule has 96 valence electrons. The number of ether oxygens (including phenoxy) is 1. The van der Waals surface area contributed by atoms with Gasteiger partial charge in [0.2, 0.25) is 0 Å². The number of hydrogen-bond donors (Lipinski definition) is 2. The summed E-state index contributed by atoms with van der Waals surface area (Å²) in [5, 5.41) is 12.8. The Bertz CT molecular complexity index is 314. The van der Waals surface area contributed by atoms with Crippen molar-refractivity contribution in [2.75, 3.05) is 19.7 Å². The predicted molar refractivity (Wildman–Crippen MR) is 70.5 cm³/mol. The van der Waals surface area contributed by atoms with Crippen molar-refractivity contribution in [2.45, 2.75) is 32.8 Å². The molecule has 0 aliphatic carbocycles. The predicted octanol–water partition coefficient (Wildman–Crippen LogP) is 1.99. The Balaban J connectivity index is 2.27. The van der Waals surface area contributed by atoms with Gasteiger partial charge in [-0.25, -0.2) is 0 Å². The summed E-state index contributed by atoms with van der Waals surface area (Å²) < 4.78 is 5.38. The molecule has 0 saturated heterocycles. The molecule has 0 fully saturated rings. The summed E-state index contributed by atoms with van der Waals surface area (Å²) in [6.45, 7) is 7.77. The molecule has 0 heterocycles. The van der Waals surface area contributed by atoms with Gasteiger partial charge in [0.1, 0.15) is 5.75 Å². The summed E-state index contributed by atoms with van der Waals surface area (Å²) in [6, 6.07) is 8.15. The summed E-state index contributed by atoms with van der Waals surface area (Å²) in [4.78, 5) is 0. The third kappa shape index (κ3) is 6.29. The molecule has 17 heavy (non-hydrogen) atoms. The van der Waals surface area contributed by atoms with E-state index < -0.39 is 5.60 Å². The van der Waals surface area contributed by atoms with Crippen LogP contribution in [0.1, 0.15) is 26.3 Å². The second-order valence-corrected chi connectivity index (χ2v) is 4.82. The zero-order valence-corrected chi connectivity index (χ0v) is 11.0. The maximum Gasteiger partial charge on any atom is 0.119 e. The van der Waals surface area contributed by atoms with Crippen LogP contribution in [-0.4, -0.2) is 30.4 Å². The van der Waals surface area contributed by atoms with Crippen LogP contribution in [0.25, 0.3) is 0 Å². The van der Waals surface area contributed by atoms with Gasteiger partial charge in [-0.05, 0) is 51.4 Å². The van der Waals surface area contributed by atoms with Crippen LogP contribution in [-0.2, 0) is 6.42 Å². The Morgan fingerprint density at radius 3 is 2.41 bits per heavy atom. The van der Waals surface area contributed by atoms with E-state index in [9.17, 15) is 5.11 Å². The normalized spacial score (nSPS) is 11.5. The SMILES string of the molecule is CCOc1ccc(CCNCC(C)(C)O)cc1. The molecule has 0 spiro atoms. The van der Waals surface area contributed by atoms with Crippen molar-refractivity contribution < 1.29 is 9.84 Å². The highest BCUT2D eigenvalue weighted by Gasteiger charge is 2.10. The fourth-order valence-corrected chi connectivity index (χ4v) is 1.55. The maximum absolute atomic E-state index is 9.53. The average Bonchev–Trinajstić information content (AvgIpc) is 2.26. The molecule has 0 amide bonds. The number of benzene rings is 1. The van der Waals surface area contributed by atoms with Crippen molar-refractivity contribution in [1.82, 2.24) is 5.32 Å². The van der Waals surface area contributed by atoms with Crippen molar-refractivity contribution in [3.8, 4) is 5.75 Å². The molecule has 0 saturated carbocycles. The van der Waals surface area contributed by atoms with E-state index in [0.717, 1.165) is 18.7 Å². The van der Waals surface area contributed by atoms with Crippen molar-refractivity contribution in [2.24, 2.45) is 0 Å². The molecule has 1 aromatic rings. The molecule has 2 N–H and O–H groups in total. The number of nitrogens with one attached hydrogen (secondary N) is 1. The van der Waals surface area contributed by atoms with Crippen LogP contribution in [0.5, 0.6) is 5.75 Å². The van der Waals surface area contributed by atoms with E-state index in [1.807, 2.05) is 19.1 Å². The third-order valence-corrected chi connectivity index (χ3v) is 2.38. The first-order valence-corrected chi connectivity index (χ1v) is 6.16. The van der Waals surface area contributed by atoms with Gasteiger partial charge in [-0.3, -0.25) is 0 Å². The topological polar surface area (TPSA) is 41.5 Å². The van der Waals surface area contributed by atoms with Crippen molar-refractivity contribution >= 4 is 0 Å². The molecule has 3 nitrogen and oxygen atoms in total. The van der Waals surface area contributed by atoms with Crippen LogP contribution in [0.4, 0.5) is 0 Å². The van der Waals surface area contributed by atoms with E-state index in [0.29, 0.717) is 13.2 Å². The van der Waals surface area contributed by atoms with Gasteiger partial charge in [0, 0.05) is 6.54 Å². The Morgan fingerprint density at radius 1 is 1.24 bits per heavy atom. The number of hydrogen-bond acceptors (Lipinski definition) is 3. The quantitative estimate of drug-likeness (QED) is 0.713. The lowest BCUT2D eigenvalue weighted by Gasteiger charge is -2.17. The summed E-state index contributed by atoms with van der Waals surface area (Å²) in [5.41, 5.74) is 0.635. The van der Waals surface area contributed by atoms with Crippen LogP contribution < -0.4 is 10.1 Å². The smallest absolute Gasteiger partial charge is 0.119 e. The summed E-state index contributed by atoms with van der Waals surface area (Å²) in [7, 11) is 0. The first-order valence-electron chi connectivity index (χ1n) is 6.16. The van der Waals surface area contributed by atoms with Crippen LogP contribution in [0.3, 0.4) is 0 Å². The molecule has 0 bridgehead atoms. The summed E-state index contributed by atoms with van der Waals surface area (Å²) >= 11 is 0.